The number of amides is 1. The summed E-state index contributed by atoms with van der Waals surface area (Å²) in [6.07, 6.45) is 0.522. The van der Waals surface area contributed by atoms with Crippen LogP contribution in [0.15, 0.2) is 0 Å². The molecular weight excluding hydrogens is 178 g/mol. The lowest BCUT2D eigenvalue weighted by Gasteiger charge is -2.27. The Labute approximate surface area is 86.9 Å². The fraction of sp³-hybridized carbons (Fsp3) is 0.909. The van der Waals surface area contributed by atoms with Crippen molar-refractivity contribution in [1.82, 2.24) is 5.32 Å². The third kappa shape index (κ3) is 5.22. The normalized spacial score (nSPS) is 15.7. The number of aliphatic hydroxyl groups is 1. The minimum atomic E-state index is -0.813. The number of rotatable bonds is 5. The highest BCUT2D eigenvalue weighted by atomic mass is 16.3. The molecule has 0 saturated carbocycles. The monoisotopic (exact) mass is 201 g/mol. The maximum Gasteiger partial charge on any atom is 0.220 e. The standard InChI is InChI=1S/C11H23NO2/c1-8(2)6-10(13)12-7-11(5,14)9(3)4/h8-9,14H,6-7H2,1-5H3,(H,12,13). The molecule has 1 amide bonds. The second-order valence-electron chi connectivity index (χ2n) is 4.89. The van der Waals surface area contributed by atoms with Gasteiger partial charge in [0.15, 0.2) is 0 Å². The van der Waals surface area contributed by atoms with Crippen molar-refractivity contribution in [3.63, 3.8) is 0 Å². The van der Waals surface area contributed by atoms with E-state index in [9.17, 15) is 9.90 Å². The van der Waals surface area contributed by atoms with Gasteiger partial charge in [0.2, 0.25) is 5.91 Å². The van der Waals surface area contributed by atoms with E-state index in [0.717, 1.165) is 0 Å². The average molecular weight is 201 g/mol. The zero-order valence-corrected chi connectivity index (χ0v) is 9.92. The zero-order chi connectivity index (χ0) is 11.4. The third-order valence-corrected chi connectivity index (χ3v) is 2.48. The van der Waals surface area contributed by atoms with Gasteiger partial charge in [-0.2, -0.15) is 0 Å². The molecule has 0 fully saturated rings. The highest BCUT2D eigenvalue weighted by molar-refractivity contribution is 5.76. The number of carbonyl (C=O) groups excluding carboxylic acids is 1. The summed E-state index contributed by atoms with van der Waals surface area (Å²) in [7, 11) is 0. The molecule has 14 heavy (non-hydrogen) atoms. The van der Waals surface area contributed by atoms with Crippen molar-refractivity contribution >= 4 is 5.91 Å². The maximum atomic E-state index is 11.3. The molecule has 1 unspecified atom stereocenters. The van der Waals surface area contributed by atoms with Gasteiger partial charge < -0.3 is 10.4 Å². The van der Waals surface area contributed by atoms with Crippen molar-refractivity contribution in [3.05, 3.63) is 0 Å². The fourth-order valence-corrected chi connectivity index (χ4v) is 0.925. The third-order valence-electron chi connectivity index (χ3n) is 2.48. The lowest BCUT2D eigenvalue weighted by atomic mass is 9.92. The van der Waals surface area contributed by atoms with Gasteiger partial charge in [0.1, 0.15) is 0 Å². The Bertz CT molecular complexity index is 186. The lowest BCUT2D eigenvalue weighted by molar-refractivity contribution is -0.123. The van der Waals surface area contributed by atoms with Crippen LogP contribution in [0.3, 0.4) is 0 Å². The highest BCUT2D eigenvalue weighted by Gasteiger charge is 2.25. The van der Waals surface area contributed by atoms with Crippen LogP contribution in [0.1, 0.15) is 41.0 Å². The molecule has 0 rings (SSSR count). The van der Waals surface area contributed by atoms with Gasteiger partial charge in [-0.3, -0.25) is 4.79 Å². The van der Waals surface area contributed by atoms with E-state index in [0.29, 0.717) is 18.9 Å². The van der Waals surface area contributed by atoms with Gasteiger partial charge >= 0.3 is 0 Å². The number of hydrogen-bond acceptors (Lipinski definition) is 2. The summed E-state index contributed by atoms with van der Waals surface area (Å²) in [4.78, 5) is 11.3. The van der Waals surface area contributed by atoms with E-state index in [2.05, 4.69) is 5.32 Å². The van der Waals surface area contributed by atoms with Gasteiger partial charge in [-0.05, 0) is 18.8 Å². The van der Waals surface area contributed by atoms with Gasteiger partial charge in [0.25, 0.3) is 0 Å². The Morgan fingerprint density at radius 2 is 1.86 bits per heavy atom. The summed E-state index contributed by atoms with van der Waals surface area (Å²) in [5, 5.41) is 12.6. The van der Waals surface area contributed by atoms with Crippen molar-refractivity contribution in [2.75, 3.05) is 6.54 Å². The minimum absolute atomic E-state index is 0.0147. The van der Waals surface area contributed by atoms with Crippen LogP contribution in [-0.4, -0.2) is 23.2 Å². The van der Waals surface area contributed by atoms with Crippen LogP contribution >= 0.6 is 0 Å². The molecule has 0 aromatic carbocycles. The summed E-state index contributed by atoms with van der Waals surface area (Å²) in [6.45, 7) is 9.95. The van der Waals surface area contributed by atoms with Crippen molar-refractivity contribution < 1.29 is 9.90 Å². The molecule has 0 bridgehead atoms. The van der Waals surface area contributed by atoms with E-state index in [-0.39, 0.29) is 11.8 Å². The summed E-state index contributed by atoms with van der Waals surface area (Å²) in [5.41, 5.74) is -0.813. The smallest absolute Gasteiger partial charge is 0.220 e. The van der Waals surface area contributed by atoms with Crippen LogP contribution < -0.4 is 5.32 Å². The summed E-state index contributed by atoms with van der Waals surface area (Å²) in [6, 6.07) is 0. The second kappa shape index (κ2) is 5.35. The molecule has 0 aliphatic heterocycles. The second-order valence-corrected chi connectivity index (χ2v) is 4.89. The van der Waals surface area contributed by atoms with E-state index in [1.807, 2.05) is 27.7 Å². The first-order valence-electron chi connectivity index (χ1n) is 5.24. The molecule has 3 heteroatoms. The number of hydrogen-bond donors (Lipinski definition) is 2. The molecule has 0 aromatic heterocycles. The molecule has 1 atom stereocenters. The van der Waals surface area contributed by atoms with E-state index < -0.39 is 5.60 Å². The number of carbonyl (C=O) groups is 1. The molecule has 3 nitrogen and oxygen atoms in total. The van der Waals surface area contributed by atoms with Crippen LogP contribution in [0, 0.1) is 11.8 Å². The van der Waals surface area contributed by atoms with Gasteiger partial charge in [-0.25, -0.2) is 0 Å². The van der Waals surface area contributed by atoms with Crippen LogP contribution in [0.2, 0.25) is 0 Å². The Kier molecular flexibility index (Phi) is 5.13. The van der Waals surface area contributed by atoms with Crippen molar-refractivity contribution in [3.8, 4) is 0 Å². The molecule has 0 aliphatic rings. The van der Waals surface area contributed by atoms with Crippen molar-refractivity contribution in [2.45, 2.75) is 46.6 Å². The zero-order valence-electron chi connectivity index (χ0n) is 9.92. The minimum Gasteiger partial charge on any atom is -0.388 e. The van der Waals surface area contributed by atoms with Gasteiger partial charge in [0.05, 0.1) is 5.60 Å². The summed E-state index contributed by atoms with van der Waals surface area (Å²) >= 11 is 0. The summed E-state index contributed by atoms with van der Waals surface area (Å²) in [5.74, 6) is 0.516. The molecule has 0 aliphatic carbocycles. The molecule has 0 heterocycles. The van der Waals surface area contributed by atoms with Gasteiger partial charge in [-0.15, -0.1) is 0 Å². The first-order valence-corrected chi connectivity index (χ1v) is 5.24. The van der Waals surface area contributed by atoms with E-state index in [1.54, 1.807) is 6.92 Å². The average Bonchev–Trinajstić information content (AvgIpc) is 1.99. The molecule has 0 radical (unpaired) electrons. The highest BCUT2D eigenvalue weighted by Crippen LogP contribution is 2.14. The van der Waals surface area contributed by atoms with E-state index in [1.165, 1.54) is 0 Å². The van der Waals surface area contributed by atoms with Crippen molar-refractivity contribution in [1.29, 1.82) is 0 Å². The fourth-order valence-electron chi connectivity index (χ4n) is 0.925. The van der Waals surface area contributed by atoms with Crippen molar-refractivity contribution in [2.24, 2.45) is 11.8 Å². The van der Waals surface area contributed by atoms with Crippen LogP contribution in [-0.2, 0) is 4.79 Å². The first-order chi connectivity index (χ1) is 6.25. The molecular formula is C11H23NO2. The van der Waals surface area contributed by atoms with Crippen LogP contribution in [0.5, 0.6) is 0 Å². The molecule has 84 valence electrons. The topological polar surface area (TPSA) is 49.3 Å². The molecule has 0 aromatic rings. The molecule has 2 N–H and O–H groups in total. The van der Waals surface area contributed by atoms with E-state index in [4.69, 9.17) is 0 Å². The predicted molar refractivity (Wildman–Crippen MR) is 57.9 cm³/mol. The number of nitrogens with one attached hydrogen (secondary N) is 1. The Morgan fingerprint density at radius 1 is 1.36 bits per heavy atom. The lowest BCUT2D eigenvalue weighted by Crippen LogP contribution is -2.44. The largest absolute Gasteiger partial charge is 0.388 e. The maximum absolute atomic E-state index is 11.3. The van der Waals surface area contributed by atoms with Crippen LogP contribution in [0.4, 0.5) is 0 Å². The predicted octanol–water partition coefficient (Wildman–Crippen LogP) is 1.56. The Balaban J connectivity index is 3.88. The Hall–Kier alpha value is -0.570. The van der Waals surface area contributed by atoms with Gasteiger partial charge in [0, 0.05) is 13.0 Å². The van der Waals surface area contributed by atoms with E-state index >= 15 is 0 Å². The summed E-state index contributed by atoms with van der Waals surface area (Å²) < 4.78 is 0. The molecule has 0 saturated heterocycles. The van der Waals surface area contributed by atoms with Crippen LogP contribution in [0.25, 0.3) is 0 Å². The SMILES string of the molecule is CC(C)CC(=O)NCC(C)(O)C(C)C. The van der Waals surface area contributed by atoms with Gasteiger partial charge in [-0.1, -0.05) is 27.7 Å². The first kappa shape index (κ1) is 13.4. The quantitative estimate of drug-likeness (QED) is 0.709. The molecule has 0 spiro atoms. The Morgan fingerprint density at radius 3 is 2.21 bits per heavy atom.